The smallest absolute Gasteiger partial charge is 0.318 e. The van der Waals surface area contributed by atoms with E-state index in [0.717, 1.165) is 6.42 Å². The third kappa shape index (κ3) is 4.79. The molecule has 0 spiro atoms. The molecule has 1 saturated heterocycles. The number of imide groups is 1. The molecule has 7 nitrogen and oxygen atoms in total. The Morgan fingerprint density at radius 2 is 1.70 bits per heavy atom. The van der Waals surface area contributed by atoms with E-state index in [4.69, 9.17) is 5.73 Å². The van der Waals surface area contributed by atoms with Crippen LogP contribution < -0.4 is 11.1 Å². The Morgan fingerprint density at radius 1 is 1.09 bits per heavy atom. The molecule has 1 aliphatic rings. The first-order chi connectivity index (χ1) is 11.0. The zero-order valence-electron chi connectivity index (χ0n) is 13.2. The molecule has 0 aromatic heterocycles. The van der Waals surface area contributed by atoms with E-state index in [2.05, 4.69) is 6.92 Å². The molecule has 7 heteroatoms. The van der Waals surface area contributed by atoms with E-state index in [9.17, 15) is 14.4 Å². The highest BCUT2D eigenvalue weighted by atomic mass is 16.2. The average Bonchev–Trinajstić information content (AvgIpc) is 2.54. The van der Waals surface area contributed by atoms with Gasteiger partial charge >= 0.3 is 6.03 Å². The van der Waals surface area contributed by atoms with Crippen molar-refractivity contribution in [3.8, 4) is 0 Å². The molecule has 0 radical (unpaired) electrons. The largest absolute Gasteiger partial charge is 0.351 e. The van der Waals surface area contributed by atoms with Crippen molar-refractivity contribution in [2.45, 2.75) is 13.3 Å². The minimum atomic E-state index is -0.848. The monoisotopic (exact) mass is 318 g/mol. The molecule has 2 rings (SSSR count). The Morgan fingerprint density at radius 3 is 2.22 bits per heavy atom. The van der Waals surface area contributed by atoms with Crippen molar-refractivity contribution in [3.63, 3.8) is 0 Å². The van der Waals surface area contributed by atoms with Crippen LogP contribution in [0.25, 0.3) is 0 Å². The molecule has 3 N–H and O–H groups in total. The van der Waals surface area contributed by atoms with Crippen LogP contribution in [0.4, 0.5) is 4.79 Å². The molecule has 1 aromatic rings. The molecular formula is C16H22N4O3. The van der Waals surface area contributed by atoms with E-state index in [1.54, 1.807) is 4.90 Å². The molecular weight excluding hydrogens is 296 g/mol. The number of aryl methyl sites for hydroxylation is 1. The Labute approximate surface area is 135 Å². The summed E-state index contributed by atoms with van der Waals surface area (Å²) in [4.78, 5) is 38.2. The number of urea groups is 1. The molecule has 4 amide bonds. The van der Waals surface area contributed by atoms with Gasteiger partial charge in [-0.3, -0.25) is 19.8 Å². The maximum absolute atomic E-state index is 12.4. The molecule has 0 atom stereocenters. The third-order valence-electron chi connectivity index (χ3n) is 3.90. The first-order valence-electron chi connectivity index (χ1n) is 7.69. The normalized spacial score (nSPS) is 15.3. The van der Waals surface area contributed by atoms with Crippen LogP contribution in [0.15, 0.2) is 24.3 Å². The van der Waals surface area contributed by atoms with E-state index in [1.807, 2.05) is 34.5 Å². The lowest BCUT2D eigenvalue weighted by Gasteiger charge is -2.34. The first kappa shape index (κ1) is 17.0. The summed E-state index contributed by atoms with van der Waals surface area (Å²) in [6, 6.07) is 6.80. The van der Waals surface area contributed by atoms with Crippen molar-refractivity contribution in [2.75, 3.05) is 32.7 Å². The average molecular weight is 318 g/mol. The summed E-state index contributed by atoms with van der Waals surface area (Å²) in [5.41, 5.74) is 6.79. The van der Waals surface area contributed by atoms with Crippen LogP contribution in [-0.2, 0) is 11.2 Å². The highest BCUT2D eigenvalue weighted by Gasteiger charge is 2.23. The summed E-state index contributed by atoms with van der Waals surface area (Å²) in [7, 11) is 0. The Hall–Kier alpha value is -2.41. The van der Waals surface area contributed by atoms with Gasteiger partial charge in [0.15, 0.2) is 0 Å². The van der Waals surface area contributed by atoms with Crippen LogP contribution in [0.2, 0.25) is 0 Å². The SMILES string of the molecule is CCc1ccc(C(=O)N2CCN(CC(=O)NC(N)=O)CC2)cc1. The molecule has 124 valence electrons. The number of hydrogen-bond donors (Lipinski definition) is 2. The minimum Gasteiger partial charge on any atom is -0.351 e. The number of benzene rings is 1. The number of hydrogen-bond acceptors (Lipinski definition) is 4. The fourth-order valence-electron chi connectivity index (χ4n) is 2.55. The van der Waals surface area contributed by atoms with E-state index in [0.29, 0.717) is 31.7 Å². The first-order valence-corrected chi connectivity index (χ1v) is 7.69. The summed E-state index contributed by atoms with van der Waals surface area (Å²) in [5, 5.41) is 2.04. The van der Waals surface area contributed by atoms with Crippen LogP contribution in [0.1, 0.15) is 22.8 Å². The number of nitrogens with two attached hydrogens (primary N) is 1. The molecule has 23 heavy (non-hydrogen) atoms. The van der Waals surface area contributed by atoms with E-state index >= 15 is 0 Å². The second-order valence-electron chi connectivity index (χ2n) is 5.53. The van der Waals surface area contributed by atoms with Gasteiger partial charge in [-0.05, 0) is 24.1 Å². The van der Waals surface area contributed by atoms with Crippen LogP contribution in [-0.4, -0.2) is 60.4 Å². The lowest BCUT2D eigenvalue weighted by Crippen LogP contribution is -2.51. The number of primary amides is 1. The highest BCUT2D eigenvalue weighted by molar-refractivity contribution is 5.95. The summed E-state index contributed by atoms with van der Waals surface area (Å²) in [6.45, 7) is 4.47. The van der Waals surface area contributed by atoms with Gasteiger partial charge in [-0.15, -0.1) is 0 Å². The van der Waals surface area contributed by atoms with E-state index in [-0.39, 0.29) is 12.5 Å². The van der Waals surface area contributed by atoms with Crippen LogP contribution >= 0.6 is 0 Å². The van der Waals surface area contributed by atoms with E-state index < -0.39 is 11.9 Å². The number of carbonyl (C=O) groups excluding carboxylic acids is 3. The van der Waals surface area contributed by atoms with Gasteiger partial charge in [-0.1, -0.05) is 19.1 Å². The van der Waals surface area contributed by atoms with Crippen molar-refractivity contribution < 1.29 is 14.4 Å². The molecule has 0 unspecified atom stereocenters. The molecule has 0 aliphatic carbocycles. The summed E-state index contributed by atoms with van der Waals surface area (Å²) >= 11 is 0. The lowest BCUT2D eigenvalue weighted by atomic mass is 10.1. The van der Waals surface area contributed by atoms with Gasteiger partial charge in [-0.2, -0.15) is 0 Å². The van der Waals surface area contributed by atoms with Crippen molar-refractivity contribution in [1.82, 2.24) is 15.1 Å². The zero-order chi connectivity index (χ0) is 16.8. The van der Waals surface area contributed by atoms with Crippen molar-refractivity contribution in [3.05, 3.63) is 35.4 Å². The van der Waals surface area contributed by atoms with E-state index in [1.165, 1.54) is 5.56 Å². The van der Waals surface area contributed by atoms with Gasteiger partial charge < -0.3 is 10.6 Å². The van der Waals surface area contributed by atoms with Gasteiger partial charge in [0.1, 0.15) is 0 Å². The van der Waals surface area contributed by atoms with Crippen LogP contribution in [0.5, 0.6) is 0 Å². The Bertz CT molecular complexity index is 577. The van der Waals surface area contributed by atoms with Gasteiger partial charge in [0.05, 0.1) is 6.54 Å². The predicted molar refractivity (Wildman–Crippen MR) is 85.9 cm³/mol. The van der Waals surface area contributed by atoms with Crippen molar-refractivity contribution in [2.24, 2.45) is 5.73 Å². The highest BCUT2D eigenvalue weighted by Crippen LogP contribution is 2.10. The third-order valence-corrected chi connectivity index (χ3v) is 3.90. The van der Waals surface area contributed by atoms with Crippen molar-refractivity contribution >= 4 is 17.8 Å². The maximum Gasteiger partial charge on any atom is 0.318 e. The summed E-state index contributed by atoms with van der Waals surface area (Å²) < 4.78 is 0. The zero-order valence-corrected chi connectivity index (χ0v) is 13.2. The molecule has 1 heterocycles. The number of piperazine rings is 1. The number of nitrogens with one attached hydrogen (secondary N) is 1. The van der Waals surface area contributed by atoms with Gasteiger partial charge in [0, 0.05) is 31.7 Å². The van der Waals surface area contributed by atoms with Crippen molar-refractivity contribution in [1.29, 1.82) is 0 Å². The number of nitrogens with zero attached hydrogens (tertiary/aromatic N) is 2. The number of amides is 4. The summed E-state index contributed by atoms with van der Waals surface area (Å²) in [5.74, 6) is -0.415. The Kier molecular flexibility index (Phi) is 5.70. The summed E-state index contributed by atoms with van der Waals surface area (Å²) in [6.07, 6.45) is 0.945. The maximum atomic E-state index is 12.4. The second-order valence-corrected chi connectivity index (χ2v) is 5.53. The Balaban J connectivity index is 1.84. The van der Waals surface area contributed by atoms with Crippen LogP contribution in [0, 0.1) is 0 Å². The predicted octanol–water partition coefficient (Wildman–Crippen LogP) is 0.202. The van der Waals surface area contributed by atoms with Gasteiger partial charge in [0.2, 0.25) is 5.91 Å². The standard InChI is InChI=1S/C16H22N4O3/c1-2-12-3-5-13(6-4-12)15(22)20-9-7-19(8-10-20)11-14(21)18-16(17)23/h3-6H,2,7-11H2,1H3,(H3,17,18,21,23). The lowest BCUT2D eigenvalue weighted by molar-refractivity contribution is -0.121. The second kappa shape index (κ2) is 7.73. The topological polar surface area (TPSA) is 95.7 Å². The molecule has 0 saturated carbocycles. The molecule has 1 fully saturated rings. The number of rotatable bonds is 4. The fraction of sp³-hybridized carbons (Fsp3) is 0.438. The quantitative estimate of drug-likeness (QED) is 0.829. The van der Waals surface area contributed by atoms with Gasteiger partial charge in [0.25, 0.3) is 5.91 Å². The molecule has 1 aromatic carbocycles. The van der Waals surface area contributed by atoms with Gasteiger partial charge in [-0.25, -0.2) is 4.79 Å². The fourth-order valence-corrected chi connectivity index (χ4v) is 2.55. The minimum absolute atomic E-state index is 0.00823. The number of carbonyl (C=O) groups is 3. The van der Waals surface area contributed by atoms with Crippen LogP contribution in [0.3, 0.4) is 0 Å². The molecule has 1 aliphatic heterocycles. The molecule has 0 bridgehead atoms.